The van der Waals surface area contributed by atoms with E-state index in [0.717, 1.165) is 19.3 Å². The van der Waals surface area contributed by atoms with Crippen LogP contribution in [0.3, 0.4) is 0 Å². The zero-order valence-electron chi connectivity index (χ0n) is 11.0. The Morgan fingerprint density at radius 1 is 1.38 bits per heavy atom. The Labute approximate surface area is 99.1 Å². The Morgan fingerprint density at radius 2 is 2.00 bits per heavy atom. The van der Waals surface area contributed by atoms with E-state index < -0.39 is 0 Å². The van der Waals surface area contributed by atoms with Crippen molar-refractivity contribution in [3.63, 3.8) is 0 Å². The molecule has 4 heteroatoms. The van der Waals surface area contributed by atoms with Crippen LogP contribution in [0, 0.1) is 0 Å². The molecule has 4 nitrogen and oxygen atoms in total. The van der Waals surface area contributed by atoms with Gasteiger partial charge in [0.05, 0.1) is 18.3 Å². The van der Waals surface area contributed by atoms with Crippen LogP contribution in [0.4, 0.5) is 0 Å². The summed E-state index contributed by atoms with van der Waals surface area (Å²) in [5.41, 5.74) is 5.72. The SMILES string of the molecule is CCCC(N)C(CO)OCCC(C)(C)OC. The van der Waals surface area contributed by atoms with Gasteiger partial charge in [-0.15, -0.1) is 0 Å². The van der Waals surface area contributed by atoms with Gasteiger partial charge in [0.1, 0.15) is 0 Å². The minimum Gasteiger partial charge on any atom is -0.394 e. The molecule has 0 aromatic rings. The Bertz CT molecular complexity index is 174. The van der Waals surface area contributed by atoms with Gasteiger partial charge in [-0.25, -0.2) is 0 Å². The van der Waals surface area contributed by atoms with Crippen molar-refractivity contribution >= 4 is 0 Å². The molecule has 3 N–H and O–H groups in total. The molecule has 2 atom stereocenters. The standard InChI is InChI=1S/C12H27NO3/c1-5-6-10(13)11(9-14)16-8-7-12(2,3)15-4/h10-11,14H,5-9,13H2,1-4H3. The topological polar surface area (TPSA) is 64.7 Å². The predicted octanol–water partition coefficient (Wildman–Crippen LogP) is 1.31. The van der Waals surface area contributed by atoms with Gasteiger partial charge in [0.2, 0.25) is 0 Å². The number of aliphatic hydroxyl groups is 1. The third-order valence-electron chi connectivity index (χ3n) is 2.87. The molecule has 0 amide bonds. The van der Waals surface area contributed by atoms with Crippen LogP contribution in [0.15, 0.2) is 0 Å². The van der Waals surface area contributed by atoms with Crippen molar-refractivity contribution < 1.29 is 14.6 Å². The Balaban J connectivity index is 3.87. The summed E-state index contributed by atoms with van der Waals surface area (Å²) in [5, 5.41) is 9.17. The summed E-state index contributed by atoms with van der Waals surface area (Å²) in [6.07, 6.45) is 2.41. The monoisotopic (exact) mass is 233 g/mol. The van der Waals surface area contributed by atoms with E-state index in [9.17, 15) is 5.11 Å². The average Bonchev–Trinajstić information content (AvgIpc) is 2.24. The van der Waals surface area contributed by atoms with Crippen LogP contribution in [0.5, 0.6) is 0 Å². The van der Waals surface area contributed by atoms with E-state index in [1.165, 1.54) is 0 Å². The second-order valence-corrected chi connectivity index (χ2v) is 4.76. The maximum atomic E-state index is 9.17. The van der Waals surface area contributed by atoms with Crippen molar-refractivity contribution in [2.45, 2.75) is 57.8 Å². The van der Waals surface area contributed by atoms with Crippen molar-refractivity contribution in [3.05, 3.63) is 0 Å². The zero-order chi connectivity index (χ0) is 12.6. The van der Waals surface area contributed by atoms with E-state index in [1.54, 1.807) is 7.11 Å². The highest BCUT2D eigenvalue weighted by Gasteiger charge is 2.20. The molecule has 98 valence electrons. The molecule has 0 aromatic carbocycles. The summed E-state index contributed by atoms with van der Waals surface area (Å²) in [6, 6.07) is -0.0827. The summed E-state index contributed by atoms with van der Waals surface area (Å²) in [4.78, 5) is 0. The first-order valence-corrected chi connectivity index (χ1v) is 6.00. The first kappa shape index (κ1) is 15.8. The lowest BCUT2D eigenvalue weighted by Crippen LogP contribution is -2.40. The second-order valence-electron chi connectivity index (χ2n) is 4.76. The number of nitrogens with two attached hydrogens (primary N) is 1. The lowest BCUT2D eigenvalue weighted by atomic mass is 10.1. The molecule has 0 radical (unpaired) electrons. The van der Waals surface area contributed by atoms with Crippen LogP contribution >= 0.6 is 0 Å². The van der Waals surface area contributed by atoms with Crippen LogP contribution in [0.1, 0.15) is 40.0 Å². The molecule has 0 aliphatic heterocycles. The Morgan fingerprint density at radius 3 is 2.44 bits per heavy atom. The highest BCUT2D eigenvalue weighted by Crippen LogP contribution is 2.14. The molecule has 0 aliphatic carbocycles. The van der Waals surface area contributed by atoms with Crippen molar-refractivity contribution in [3.8, 4) is 0 Å². The highest BCUT2D eigenvalue weighted by molar-refractivity contribution is 4.73. The first-order chi connectivity index (χ1) is 7.46. The van der Waals surface area contributed by atoms with Gasteiger partial charge in [0.25, 0.3) is 0 Å². The van der Waals surface area contributed by atoms with Crippen molar-refractivity contribution in [1.82, 2.24) is 0 Å². The lowest BCUT2D eigenvalue weighted by Gasteiger charge is -2.26. The van der Waals surface area contributed by atoms with Gasteiger partial charge in [-0.05, 0) is 26.7 Å². The molecule has 16 heavy (non-hydrogen) atoms. The van der Waals surface area contributed by atoms with Gasteiger partial charge in [-0.3, -0.25) is 0 Å². The van der Waals surface area contributed by atoms with Crippen LogP contribution in [-0.4, -0.2) is 43.2 Å². The fourth-order valence-electron chi connectivity index (χ4n) is 1.39. The van der Waals surface area contributed by atoms with Crippen molar-refractivity contribution in [1.29, 1.82) is 0 Å². The van der Waals surface area contributed by atoms with Crippen LogP contribution in [0.2, 0.25) is 0 Å². The van der Waals surface area contributed by atoms with Gasteiger partial charge in [0.15, 0.2) is 0 Å². The summed E-state index contributed by atoms with van der Waals surface area (Å²) < 4.78 is 10.9. The van der Waals surface area contributed by atoms with Gasteiger partial charge >= 0.3 is 0 Å². The Kier molecular flexibility index (Phi) is 7.93. The fraction of sp³-hybridized carbons (Fsp3) is 1.00. The molecular formula is C12H27NO3. The van der Waals surface area contributed by atoms with Crippen LogP contribution in [-0.2, 0) is 9.47 Å². The minimum atomic E-state index is -0.257. The van der Waals surface area contributed by atoms with Gasteiger partial charge in [-0.2, -0.15) is 0 Å². The van der Waals surface area contributed by atoms with Crippen molar-refractivity contribution in [2.75, 3.05) is 20.3 Å². The fourth-order valence-corrected chi connectivity index (χ4v) is 1.39. The highest BCUT2D eigenvalue weighted by atomic mass is 16.5. The van der Waals surface area contributed by atoms with E-state index in [1.807, 2.05) is 13.8 Å². The zero-order valence-corrected chi connectivity index (χ0v) is 11.0. The molecule has 0 saturated heterocycles. The van der Waals surface area contributed by atoms with E-state index in [0.29, 0.717) is 6.61 Å². The van der Waals surface area contributed by atoms with Crippen molar-refractivity contribution in [2.24, 2.45) is 5.73 Å². The van der Waals surface area contributed by atoms with Crippen LogP contribution in [0.25, 0.3) is 0 Å². The van der Waals surface area contributed by atoms with Crippen LogP contribution < -0.4 is 5.73 Å². The third-order valence-corrected chi connectivity index (χ3v) is 2.87. The van der Waals surface area contributed by atoms with Gasteiger partial charge < -0.3 is 20.3 Å². The number of ether oxygens (including phenoxy) is 2. The molecule has 0 heterocycles. The molecule has 0 fully saturated rings. The molecule has 0 rings (SSSR count). The number of rotatable bonds is 9. The molecule has 0 aromatic heterocycles. The molecule has 0 saturated carbocycles. The molecule has 0 bridgehead atoms. The van der Waals surface area contributed by atoms with Gasteiger partial charge in [-0.1, -0.05) is 13.3 Å². The Hall–Kier alpha value is -0.160. The largest absolute Gasteiger partial charge is 0.394 e. The van der Waals surface area contributed by atoms with E-state index in [-0.39, 0.29) is 24.4 Å². The quantitative estimate of drug-likeness (QED) is 0.630. The maximum Gasteiger partial charge on any atom is 0.0956 e. The normalized spacial score (nSPS) is 16.1. The number of hydrogen-bond acceptors (Lipinski definition) is 4. The predicted molar refractivity (Wildman–Crippen MR) is 65.4 cm³/mol. The summed E-state index contributed by atoms with van der Waals surface area (Å²) >= 11 is 0. The second kappa shape index (κ2) is 8.01. The average molecular weight is 233 g/mol. The number of aliphatic hydroxyl groups excluding tert-OH is 1. The summed E-state index contributed by atoms with van der Waals surface area (Å²) in [6.45, 7) is 6.63. The van der Waals surface area contributed by atoms with E-state index in [2.05, 4.69) is 6.92 Å². The summed E-state index contributed by atoms with van der Waals surface area (Å²) in [5.74, 6) is 0. The lowest BCUT2D eigenvalue weighted by molar-refractivity contribution is -0.0464. The third kappa shape index (κ3) is 6.43. The smallest absolute Gasteiger partial charge is 0.0956 e. The number of hydrogen-bond donors (Lipinski definition) is 2. The molecular weight excluding hydrogens is 206 g/mol. The first-order valence-electron chi connectivity index (χ1n) is 6.00. The summed E-state index contributed by atoms with van der Waals surface area (Å²) in [7, 11) is 1.69. The van der Waals surface area contributed by atoms with E-state index >= 15 is 0 Å². The van der Waals surface area contributed by atoms with E-state index in [4.69, 9.17) is 15.2 Å². The molecule has 0 aliphatic rings. The number of methoxy groups -OCH3 is 1. The molecule has 2 unspecified atom stereocenters. The maximum absolute atomic E-state index is 9.17. The molecule has 0 spiro atoms. The minimum absolute atomic E-state index is 0.0193. The van der Waals surface area contributed by atoms with Gasteiger partial charge in [0, 0.05) is 19.8 Å².